The Labute approximate surface area is 455 Å². The molecule has 2 fully saturated rings. The van der Waals surface area contributed by atoms with Gasteiger partial charge in [0.25, 0.3) is 0 Å². The Morgan fingerprint density at radius 1 is 0.467 bits per heavy atom. The molecule has 9 N–H and O–H groups in total. The summed E-state index contributed by atoms with van der Waals surface area (Å²) in [6.45, 7) is 2.74. The Bertz CT molecular complexity index is 1400. The van der Waals surface area contributed by atoms with Crippen LogP contribution in [0.1, 0.15) is 251 Å². The molecule has 14 nitrogen and oxygen atoms in total. The zero-order valence-corrected chi connectivity index (χ0v) is 47.3. The number of allylic oxidation sites excluding steroid dienone is 5. The molecule has 0 radical (unpaired) electrons. The van der Waals surface area contributed by atoms with Gasteiger partial charge in [0.1, 0.15) is 48.8 Å². The van der Waals surface area contributed by atoms with Crippen molar-refractivity contribution in [2.45, 2.75) is 325 Å². The first-order valence-electron chi connectivity index (χ1n) is 30.7. The van der Waals surface area contributed by atoms with Crippen LogP contribution in [-0.2, 0) is 23.7 Å². The quantitative estimate of drug-likeness (QED) is 0.0204. The summed E-state index contributed by atoms with van der Waals surface area (Å²) in [7, 11) is 0. The van der Waals surface area contributed by atoms with Crippen LogP contribution in [0, 0.1) is 0 Å². The summed E-state index contributed by atoms with van der Waals surface area (Å²) in [5, 5.41) is 86.9. The van der Waals surface area contributed by atoms with E-state index in [1.165, 1.54) is 173 Å². The topological polar surface area (TPSA) is 228 Å². The number of aliphatic hydroxyl groups excluding tert-OH is 8. The number of carbonyl (C=O) groups is 1. The Hall–Kier alpha value is -1.79. The largest absolute Gasteiger partial charge is 0.394 e. The summed E-state index contributed by atoms with van der Waals surface area (Å²) in [5.41, 5.74) is 0. The van der Waals surface area contributed by atoms with Gasteiger partial charge in [-0.25, -0.2) is 0 Å². The number of hydrogen-bond acceptors (Lipinski definition) is 13. The van der Waals surface area contributed by atoms with E-state index < -0.39 is 86.8 Å². The first kappa shape index (κ1) is 69.3. The molecule has 0 aromatic carbocycles. The van der Waals surface area contributed by atoms with Crippen molar-refractivity contribution < 1.29 is 64.6 Å². The average molecular weight is 1070 g/mol. The molecule has 2 saturated heterocycles. The fourth-order valence-electron chi connectivity index (χ4n) is 10.1. The van der Waals surface area contributed by atoms with Crippen LogP contribution in [-0.4, -0.2) is 140 Å². The van der Waals surface area contributed by atoms with Crippen LogP contribution in [0.5, 0.6) is 0 Å². The second kappa shape index (κ2) is 47.1. The third-order valence-corrected chi connectivity index (χ3v) is 15.1. The highest BCUT2D eigenvalue weighted by atomic mass is 16.7. The molecule has 440 valence electrons. The first-order chi connectivity index (χ1) is 36.6. The van der Waals surface area contributed by atoms with Gasteiger partial charge in [-0.05, 0) is 38.5 Å². The van der Waals surface area contributed by atoms with Gasteiger partial charge >= 0.3 is 0 Å². The smallest absolute Gasteiger partial charge is 0.220 e. The van der Waals surface area contributed by atoms with Crippen molar-refractivity contribution in [1.29, 1.82) is 0 Å². The summed E-state index contributed by atoms with van der Waals surface area (Å²) in [6.07, 6.45) is 40.8. The molecule has 14 heteroatoms. The molecule has 0 bridgehead atoms. The number of amides is 1. The molecule has 12 atom stereocenters. The lowest BCUT2D eigenvalue weighted by atomic mass is 9.97. The number of aliphatic hydroxyl groups is 8. The summed E-state index contributed by atoms with van der Waals surface area (Å²) in [5.74, 6) is -0.251. The van der Waals surface area contributed by atoms with E-state index in [4.69, 9.17) is 18.9 Å². The van der Waals surface area contributed by atoms with Gasteiger partial charge in [-0.15, -0.1) is 0 Å². The highest BCUT2D eigenvalue weighted by Crippen LogP contribution is 2.30. The van der Waals surface area contributed by atoms with E-state index in [0.29, 0.717) is 12.8 Å². The predicted molar refractivity (Wildman–Crippen MR) is 300 cm³/mol. The molecule has 1 amide bonds. The molecule has 0 aliphatic carbocycles. The van der Waals surface area contributed by atoms with Crippen molar-refractivity contribution >= 4 is 5.91 Å². The standard InChI is InChI=1S/C61H113NO13/c1-3-5-7-9-11-13-15-17-18-19-20-21-22-23-24-25-26-27-28-29-30-31-32-33-35-37-39-41-43-45-53(66)62-49(50(65)44-42-40-38-36-34-16-14-12-10-8-6-4-2)48-72-60-58(71)56(69)59(52(47-64)74-60)75-61-57(70)55(68)54(67)51(46-63)73-61/h10,12,34,36,42,44,49-52,54-61,63-65,67-71H,3-9,11,13-33,35,37-41,43,45-48H2,1-2H3,(H,62,66)/b12-10+,36-34+,44-42+. The summed E-state index contributed by atoms with van der Waals surface area (Å²) < 4.78 is 22.7. The molecule has 2 heterocycles. The number of rotatable bonds is 49. The van der Waals surface area contributed by atoms with Gasteiger partial charge in [0, 0.05) is 6.42 Å². The van der Waals surface area contributed by atoms with E-state index in [1.54, 1.807) is 6.08 Å². The van der Waals surface area contributed by atoms with Gasteiger partial charge in [-0.2, -0.15) is 0 Å². The molecule has 0 aromatic heterocycles. The summed E-state index contributed by atoms with van der Waals surface area (Å²) in [6, 6.07) is -0.934. The van der Waals surface area contributed by atoms with Gasteiger partial charge in [-0.3, -0.25) is 4.79 Å². The summed E-state index contributed by atoms with van der Waals surface area (Å²) >= 11 is 0. The van der Waals surface area contributed by atoms with E-state index in [-0.39, 0.29) is 18.9 Å². The predicted octanol–water partition coefficient (Wildman–Crippen LogP) is 10.6. The molecule has 2 rings (SSSR count). The SMILES string of the molecule is CCCC/C=C/CC/C=C/CC/C=C/C(O)C(COC1OC(CO)C(OC2OC(CO)C(O)C(O)C2O)C(O)C1O)NC(=O)CCCCCCCCCCCCCCCCCCCCCCCCCCCCCCC. The molecule has 2 aliphatic heterocycles. The van der Waals surface area contributed by atoms with Gasteiger partial charge in [0.2, 0.25) is 5.91 Å². The number of unbranched alkanes of at least 4 members (excludes halogenated alkanes) is 32. The lowest BCUT2D eigenvalue weighted by Crippen LogP contribution is -2.65. The zero-order chi connectivity index (χ0) is 54.6. The number of carbonyl (C=O) groups excluding carboxylic acids is 1. The number of nitrogens with one attached hydrogen (secondary N) is 1. The van der Waals surface area contributed by atoms with E-state index >= 15 is 0 Å². The second-order valence-electron chi connectivity index (χ2n) is 21.8. The third-order valence-electron chi connectivity index (χ3n) is 15.1. The van der Waals surface area contributed by atoms with E-state index in [0.717, 1.165) is 44.9 Å². The normalized spacial score (nSPS) is 25.3. The molecule has 75 heavy (non-hydrogen) atoms. The highest BCUT2D eigenvalue weighted by molar-refractivity contribution is 5.76. The van der Waals surface area contributed by atoms with Crippen LogP contribution in [0.4, 0.5) is 0 Å². The Morgan fingerprint density at radius 3 is 1.29 bits per heavy atom. The van der Waals surface area contributed by atoms with E-state index in [2.05, 4.69) is 43.5 Å². The maximum Gasteiger partial charge on any atom is 0.220 e. The lowest BCUT2D eigenvalue weighted by molar-refractivity contribution is -0.359. The lowest BCUT2D eigenvalue weighted by Gasteiger charge is -2.46. The molecular weight excluding hydrogens is 955 g/mol. The van der Waals surface area contributed by atoms with Gasteiger partial charge in [-0.1, -0.05) is 243 Å². The van der Waals surface area contributed by atoms with Gasteiger partial charge in [0.05, 0.1) is 32.0 Å². The first-order valence-corrected chi connectivity index (χ1v) is 30.7. The van der Waals surface area contributed by atoms with Crippen molar-refractivity contribution in [1.82, 2.24) is 5.32 Å². The fraction of sp³-hybridized carbons (Fsp3) is 0.885. The number of ether oxygens (including phenoxy) is 4. The molecule has 12 unspecified atom stereocenters. The molecule has 2 aliphatic rings. The molecular formula is C61H113NO13. The minimum atomic E-state index is -1.79. The zero-order valence-electron chi connectivity index (χ0n) is 47.3. The third kappa shape index (κ3) is 32.8. The number of hydrogen-bond donors (Lipinski definition) is 9. The van der Waals surface area contributed by atoms with Gasteiger partial charge in [0.15, 0.2) is 12.6 Å². The van der Waals surface area contributed by atoms with E-state index in [9.17, 15) is 45.6 Å². The van der Waals surface area contributed by atoms with Crippen LogP contribution >= 0.6 is 0 Å². The van der Waals surface area contributed by atoms with Crippen molar-refractivity contribution in [3.63, 3.8) is 0 Å². The molecule has 0 spiro atoms. The maximum atomic E-state index is 13.2. The second-order valence-corrected chi connectivity index (χ2v) is 21.8. The van der Waals surface area contributed by atoms with Crippen LogP contribution in [0.25, 0.3) is 0 Å². The van der Waals surface area contributed by atoms with Crippen molar-refractivity contribution in [2.75, 3.05) is 19.8 Å². The Morgan fingerprint density at radius 2 is 0.853 bits per heavy atom. The van der Waals surface area contributed by atoms with Crippen LogP contribution < -0.4 is 5.32 Å². The van der Waals surface area contributed by atoms with Gasteiger partial charge < -0.3 is 65.1 Å². The minimum Gasteiger partial charge on any atom is -0.394 e. The van der Waals surface area contributed by atoms with Crippen LogP contribution in [0.3, 0.4) is 0 Å². The molecule has 0 aromatic rings. The summed E-state index contributed by atoms with van der Waals surface area (Å²) in [4.78, 5) is 13.2. The van der Waals surface area contributed by atoms with Crippen molar-refractivity contribution in [3.8, 4) is 0 Å². The maximum absolute atomic E-state index is 13.2. The van der Waals surface area contributed by atoms with Crippen LogP contribution in [0.2, 0.25) is 0 Å². The highest BCUT2D eigenvalue weighted by Gasteiger charge is 2.51. The van der Waals surface area contributed by atoms with Crippen molar-refractivity contribution in [2.24, 2.45) is 0 Å². The Kier molecular flexibility index (Phi) is 43.5. The Balaban J connectivity index is 1.66. The monoisotopic (exact) mass is 1070 g/mol. The van der Waals surface area contributed by atoms with E-state index in [1.807, 2.05) is 6.08 Å². The molecule has 0 saturated carbocycles. The van der Waals surface area contributed by atoms with Crippen LogP contribution in [0.15, 0.2) is 36.5 Å². The van der Waals surface area contributed by atoms with Crippen molar-refractivity contribution in [3.05, 3.63) is 36.5 Å². The average Bonchev–Trinajstić information content (AvgIpc) is 3.41. The fourth-order valence-corrected chi connectivity index (χ4v) is 10.1. The minimum absolute atomic E-state index is 0.251.